The first-order chi connectivity index (χ1) is 7.99. The Kier molecular flexibility index (Phi) is 4.20. The number of ether oxygens (including phenoxy) is 1. The maximum absolute atomic E-state index is 13.5. The van der Waals surface area contributed by atoms with Gasteiger partial charge in [-0.05, 0) is 13.0 Å². The van der Waals surface area contributed by atoms with Crippen molar-refractivity contribution in [3.8, 4) is 0 Å². The fourth-order valence-corrected chi connectivity index (χ4v) is 1.43. The summed E-state index contributed by atoms with van der Waals surface area (Å²) in [6, 6.07) is 5.57. The molecular weight excluding hydrogens is 225 g/mol. The van der Waals surface area contributed by atoms with Crippen molar-refractivity contribution in [2.24, 2.45) is 0 Å². The summed E-state index contributed by atoms with van der Waals surface area (Å²) in [5.41, 5.74) is 0.354. The van der Waals surface area contributed by atoms with Crippen LogP contribution >= 0.6 is 0 Å². The van der Waals surface area contributed by atoms with E-state index in [0.717, 1.165) is 12.0 Å². The number of amides is 1. The number of nitrogens with zero attached hydrogens (tertiary/aromatic N) is 1. The number of hydrogen-bond acceptors (Lipinski definition) is 3. The van der Waals surface area contributed by atoms with Gasteiger partial charge in [0.2, 0.25) is 0 Å². The van der Waals surface area contributed by atoms with Crippen molar-refractivity contribution in [2.45, 2.75) is 13.0 Å². The lowest BCUT2D eigenvalue weighted by Gasteiger charge is -2.24. The topological polar surface area (TPSA) is 46.6 Å². The fraction of sp³-hybridized carbons (Fsp3) is 0.333. The van der Waals surface area contributed by atoms with Gasteiger partial charge >= 0.3 is 11.9 Å². The number of likely N-dealkylation sites (N-methyl/N-ethyl adjacent to an activating group) is 1. The second kappa shape index (κ2) is 5.43. The molecule has 17 heavy (non-hydrogen) atoms. The van der Waals surface area contributed by atoms with Crippen LogP contribution in [-0.2, 0) is 14.3 Å². The lowest BCUT2D eigenvalue weighted by Crippen LogP contribution is -2.36. The minimum atomic E-state index is -0.962. The summed E-state index contributed by atoms with van der Waals surface area (Å²) < 4.78 is 17.8. The van der Waals surface area contributed by atoms with Crippen molar-refractivity contribution in [3.63, 3.8) is 0 Å². The Morgan fingerprint density at radius 2 is 1.94 bits per heavy atom. The molecule has 1 aromatic rings. The molecule has 92 valence electrons. The van der Waals surface area contributed by atoms with Crippen molar-refractivity contribution < 1.29 is 18.7 Å². The molecule has 1 atom stereocenters. The number of rotatable bonds is 2. The van der Waals surface area contributed by atoms with E-state index in [-0.39, 0.29) is 0 Å². The summed E-state index contributed by atoms with van der Waals surface area (Å²) in [6.45, 7) is 1.64. The Morgan fingerprint density at radius 1 is 1.35 bits per heavy atom. The zero-order valence-corrected chi connectivity index (χ0v) is 9.94. The third-order valence-electron chi connectivity index (χ3n) is 2.62. The fourth-order valence-electron chi connectivity index (χ4n) is 1.43. The number of carbonyl (C=O) groups is 2. The van der Waals surface area contributed by atoms with Crippen molar-refractivity contribution in [3.05, 3.63) is 35.6 Å². The van der Waals surface area contributed by atoms with Gasteiger partial charge in [-0.2, -0.15) is 0 Å². The normalized spacial score (nSPS) is 11.8. The van der Waals surface area contributed by atoms with Gasteiger partial charge in [0.05, 0.1) is 13.2 Å². The number of carbonyl (C=O) groups excluding carboxylic acids is 2. The Morgan fingerprint density at radius 3 is 2.47 bits per heavy atom. The molecule has 0 aliphatic rings. The second-order valence-corrected chi connectivity index (χ2v) is 3.61. The van der Waals surface area contributed by atoms with Crippen molar-refractivity contribution in [1.82, 2.24) is 4.90 Å². The molecule has 0 heterocycles. The summed E-state index contributed by atoms with van der Waals surface area (Å²) in [4.78, 5) is 23.7. The van der Waals surface area contributed by atoms with E-state index in [0.29, 0.717) is 5.56 Å². The van der Waals surface area contributed by atoms with E-state index >= 15 is 0 Å². The molecule has 1 aromatic carbocycles. The van der Waals surface area contributed by atoms with E-state index in [4.69, 9.17) is 0 Å². The van der Waals surface area contributed by atoms with E-state index in [1.54, 1.807) is 25.1 Å². The molecule has 0 aliphatic heterocycles. The quantitative estimate of drug-likeness (QED) is 0.580. The molecule has 0 aliphatic carbocycles. The zero-order valence-electron chi connectivity index (χ0n) is 9.94. The molecule has 1 amide bonds. The van der Waals surface area contributed by atoms with Crippen LogP contribution in [0.1, 0.15) is 18.5 Å². The number of esters is 1. The van der Waals surface area contributed by atoms with Gasteiger partial charge in [0.25, 0.3) is 0 Å². The first-order valence-electron chi connectivity index (χ1n) is 5.08. The Balaban J connectivity index is 2.91. The Hall–Kier alpha value is -1.91. The molecule has 1 rings (SSSR count). The maximum Gasteiger partial charge on any atom is 0.396 e. The van der Waals surface area contributed by atoms with E-state index < -0.39 is 23.7 Å². The monoisotopic (exact) mass is 239 g/mol. The summed E-state index contributed by atoms with van der Waals surface area (Å²) in [5, 5.41) is 0. The SMILES string of the molecule is COC(=O)C(=O)N(C)C(C)c1ccccc1F. The summed E-state index contributed by atoms with van der Waals surface area (Å²) in [6.07, 6.45) is 0. The van der Waals surface area contributed by atoms with E-state index in [9.17, 15) is 14.0 Å². The highest BCUT2D eigenvalue weighted by atomic mass is 19.1. The third kappa shape index (κ3) is 2.81. The molecule has 0 saturated heterocycles. The highest BCUT2D eigenvalue weighted by Gasteiger charge is 2.25. The molecule has 0 saturated carbocycles. The molecule has 0 bridgehead atoms. The predicted octanol–water partition coefficient (Wildman–Crippen LogP) is 1.52. The molecule has 0 N–H and O–H groups in total. The van der Waals surface area contributed by atoms with Crippen LogP contribution in [0.4, 0.5) is 4.39 Å². The second-order valence-electron chi connectivity index (χ2n) is 3.61. The van der Waals surface area contributed by atoms with Crippen LogP contribution in [-0.4, -0.2) is 30.9 Å². The highest BCUT2D eigenvalue weighted by molar-refractivity contribution is 6.32. The van der Waals surface area contributed by atoms with Crippen LogP contribution < -0.4 is 0 Å². The number of benzene rings is 1. The van der Waals surface area contributed by atoms with Gasteiger partial charge in [-0.15, -0.1) is 0 Å². The number of halogens is 1. The van der Waals surface area contributed by atoms with Crippen molar-refractivity contribution in [2.75, 3.05) is 14.2 Å². The van der Waals surface area contributed by atoms with Crippen LogP contribution in [0.25, 0.3) is 0 Å². The standard InChI is InChI=1S/C12H14FNO3/c1-8(9-6-4-5-7-10(9)13)14(2)11(15)12(16)17-3/h4-8H,1-3H3. The van der Waals surface area contributed by atoms with Gasteiger partial charge < -0.3 is 9.64 Å². The number of methoxy groups -OCH3 is 1. The third-order valence-corrected chi connectivity index (χ3v) is 2.62. The molecule has 0 fully saturated rings. The Labute approximate surface area is 99.0 Å². The molecule has 5 heteroatoms. The highest BCUT2D eigenvalue weighted by Crippen LogP contribution is 2.21. The Bertz CT molecular complexity index is 434. The maximum atomic E-state index is 13.5. The first kappa shape index (κ1) is 13.2. The van der Waals surface area contributed by atoms with Gasteiger partial charge in [0.15, 0.2) is 0 Å². The van der Waals surface area contributed by atoms with E-state index in [1.165, 1.54) is 13.1 Å². The van der Waals surface area contributed by atoms with Gasteiger partial charge in [0, 0.05) is 12.6 Å². The average Bonchev–Trinajstić information content (AvgIpc) is 2.35. The van der Waals surface area contributed by atoms with Crippen LogP contribution in [0.5, 0.6) is 0 Å². The summed E-state index contributed by atoms with van der Waals surface area (Å²) in [7, 11) is 2.55. The van der Waals surface area contributed by atoms with Crippen LogP contribution in [0, 0.1) is 5.82 Å². The molecule has 1 unspecified atom stereocenters. The summed E-state index contributed by atoms with van der Waals surface area (Å²) in [5.74, 6) is -2.18. The van der Waals surface area contributed by atoms with Gasteiger partial charge in [0.1, 0.15) is 5.82 Å². The largest absolute Gasteiger partial charge is 0.462 e. The molecular formula is C12H14FNO3. The van der Waals surface area contributed by atoms with E-state index in [1.807, 2.05) is 0 Å². The smallest absolute Gasteiger partial charge is 0.396 e. The average molecular weight is 239 g/mol. The van der Waals surface area contributed by atoms with Gasteiger partial charge in [-0.3, -0.25) is 4.79 Å². The van der Waals surface area contributed by atoms with Gasteiger partial charge in [-0.25, -0.2) is 9.18 Å². The first-order valence-corrected chi connectivity index (χ1v) is 5.08. The number of hydrogen-bond donors (Lipinski definition) is 0. The van der Waals surface area contributed by atoms with Crippen molar-refractivity contribution >= 4 is 11.9 Å². The predicted molar refractivity (Wildman–Crippen MR) is 59.6 cm³/mol. The molecule has 4 nitrogen and oxygen atoms in total. The minimum absolute atomic E-state index is 0.354. The molecule has 0 aromatic heterocycles. The lowest BCUT2D eigenvalue weighted by atomic mass is 10.1. The lowest BCUT2D eigenvalue weighted by molar-refractivity contribution is -0.158. The van der Waals surface area contributed by atoms with Gasteiger partial charge in [-0.1, -0.05) is 18.2 Å². The zero-order chi connectivity index (χ0) is 13.0. The molecule has 0 spiro atoms. The minimum Gasteiger partial charge on any atom is -0.462 e. The van der Waals surface area contributed by atoms with E-state index in [2.05, 4.69) is 4.74 Å². The van der Waals surface area contributed by atoms with Crippen molar-refractivity contribution in [1.29, 1.82) is 0 Å². The van der Waals surface area contributed by atoms with Crippen LogP contribution in [0.3, 0.4) is 0 Å². The van der Waals surface area contributed by atoms with Crippen LogP contribution in [0.2, 0.25) is 0 Å². The molecule has 0 radical (unpaired) electrons. The summed E-state index contributed by atoms with van der Waals surface area (Å²) >= 11 is 0. The van der Waals surface area contributed by atoms with Crippen LogP contribution in [0.15, 0.2) is 24.3 Å².